The van der Waals surface area contributed by atoms with Gasteiger partial charge in [-0.1, -0.05) is 6.92 Å². The molecule has 0 saturated carbocycles. The van der Waals surface area contributed by atoms with Crippen molar-refractivity contribution in [2.45, 2.75) is 25.8 Å². The Bertz CT molecular complexity index is 326. The van der Waals surface area contributed by atoms with E-state index in [1.807, 2.05) is 0 Å². The molecule has 1 aliphatic heterocycles. The van der Waals surface area contributed by atoms with Crippen LogP contribution in [0.1, 0.15) is 19.8 Å². The van der Waals surface area contributed by atoms with Crippen molar-refractivity contribution in [3.8, 4) is 0 Å². The zero-order valence-corrected chi connectivity index (χ0v) is 9.79. The lowest BCUT2D eigenvalue weighted by molar-refractivity contribution is -0.133. The molecule has 88 valence electrons. The van der Waals surface area contributed by atoms with E-state index in [9.17, 15) is 13.2 Å². The van der Waals surface area contributed by atoms with Gasteiger partial charge in [0.1, 0.15) is 0 Å². The number of piperidine rings is 1. The maximum Gasteiger partial charge on any atom is 0.222 e. The second-order valence-electron chi connectivity index (χ2n) is 3.87. The van der Waals surface area contributed by atoms with Gasteiger partial charge in [0, 0.05) is 31.3 Å². The second-order valence-corrected chi connectivity index (χ2v) is 6.35. The maximum absolute atomic E-state index is 11.4. The molecule has 1 fully saturated rings. The van der Waals surface area contributed by atoms with Crippen molar-refractivity contribution in [3.63, 3.8) is 0 Å². The lowest BCUT2D eigenvalue weighted by atomic mass is 10.1. The van der Waals surface area contributed by atoms with Crippen LogP contribution in [0.5, 0.6) is 0 Å². The van der Waals surface area contributed by atoms with Gasteiger partial charge in [-0.15, -0.1) is 0 Å². The number of nitrogens with two attached hydrogens (primary N) is 1. The summed E-state index contributed by atoms with van der Waals surface area (Å²) in [5, 5.41) is 0. The first-order valence-corrected chi connectivity index (χ1v) is 7.00. The van der Waals surface area contributed by atoms with Crippen LogP contribution in [0.15, 0.2) is 0 Å². The van der Waals surface area contributed by atoms with E-state index < -0.39 is 9.84 Å². The molecule has 1 atom stereocenters. The molecule has 0 aromatic heterocycles. The van der Waals surface area contributed by atoms with Gasteiger partial charge in [0.2, 0.25) is 5.91 Å². The third-order valence-corrected chi connectivity index (χ3v) is 4.33. The van der Waals surface area contributed by atoms with Crippen LogP contribution in [0.25, 0.3) is 0 Å². The topological polar surface area (TPSA) is 80.5 Å². The third kappa shape index (κ3) is 3.79. The van der Waals surface area contributed by atoms with Gasteiger partial charge in [0.05, 0.1) is 5.75 Å². The SMILES string of the molecule is CCS(=O)(=O)CCN1CC(N)CCC1=O. The van der Waals surface area contributed by atoms with Crippen molar-refractivity contribution in [2.75, 3.05) is 24.6 Å². The number of nitrogens with zero attached hydrogens (tertiary/aromatic N) is 1. The normalized spacial score (nSPS) is 23.2. The Hall–Kier alpha value is -0.620. The van der Waals surface area contributed by atoms with Crippen LogP contribution in [0.2, 0.25) is 0 Å². The Labute approximate surface area is 90.5 Å². The summed E-state index contributed by atoms with van der Waals surface area (Å²) >= 11 is 0. The standard InChI is InChI=1S/C9H18N2O3S/c1-2-15(13,14)6-5-11-7-8(10)3-4-9(11)12/h8H,2-7,10H2,1H3. The molecule has 6 heteroatoms. The maximum atomic E-state index is 11.4. The molecule has 1 aliphatic rings. The number of rotatable bonds is 4. The van der Waals surface area contributed by atoms with E-state index in [2.05, 4.69) is 0 Å². The van der Waals surface area contributed by atoms with Crippen LogP contribution in [0.4, 0.5) is 0 Å². The van der Waals surface area contributed by atoms with Crippen molar-refractivity contribution in [1.82, 2.24) is 4.90 Å². The molecule has 0 aliphatic carbocycles. The minimum Gasteiger partial charge on any atom is -0.340 e. The van der Waals surface area contributed by atoms with E-state index >= 15 is 0 Å². The Kier molecular flexibility index (Phi) is 4.10. The summed E-state index contributed by atoms with van der Waals surface area (Å²) < 4.78 is 22.5. The quantitative estimate of drug-likeness (QED) is 0.702. The zero-order valence-electron chi connectivity index (χ0n) is 8.98. The van der Waals surface area contributed by atoms with Crippen molar-refractivity contribution in [2.24, 2.45) is 5.73 Å². The number of carbonyl (C=O) groups is 1. The molecule has 1 saturated heterocycles. The molecule has 1 amide bonds. The molecule has 15 heavy (non-hydrogen) atoms. The predicted octanol–water partition coefficient (Wildman–Crippen LogP) is -0.629. The molecule has 1 unspecified atom stereocenters. The molecule has 0 bridgehead atoms. The van der Waals surface area contributed by atoms with E-state index in [0.29, 0.717) is 19.4 Å². The molecule has 0 aromatic rings. The van der Waals surface area contributed by atoms with Gasteiger partial charge < -0.3 is 10.6 Å². The van der Waals surface area contributed by atoms with E-state index in [1.165, 1.54) is 0 Å². The van der Waals surface area contributed by atoms with Crippen LogP contribution in [-0.2, 0) is 14.6 Å². The Balaban J connectivity index is 2.47. The molecular formula is C9H18N2O3S. The van der Waals surface area contributed by atoms with E-state index in [-0.39, 0.29) is 30.0 Å². The van der Waals surface area contributed by atoms with Crippen LogP contribution in [0, 0.1) is 0 Å². The van der Waals surface area contributed by atoms with Gasteiger partial charge in [-0.25, -0.2) is 8.42 Å². The van der Waals surface area contributed by atoms with Crippen LogP contribution < -0.4 is 5.73 Å². The van der Waals surface area contributed by atoms with Crippen LogP contribution >= 0.6 is 0 Å². The summed E-state index contributed by atoms with van der Waals surface area (Å²) in [7, 11) is -2.99. The van der Waals surface area contributed by atoms with Crippen LogP contribution in [-0.4, -0.2) is 49.9 Å². The first-order chi connectivity index (χ1) is 6.94. The molecule has 1 rings (SSSR count). The number of carbonyl (C=O) groups excluding carboxylic acids is 1. The average molecular weight is 234 g/mol. The van der Waals surface area contributed by atoms with E-state index in [0.717, 1.165) is 0 Å². The summed E-state index contributed by atoms with van der Waals surface area (Å²) in [5.74, 6) is 0.186. The van der Waals surface area contributed by atoms with E-state index in [4.69, 9.17) is 5.73 Å². The Morgan fingerprint density at radius 2 is 2.20 bits per heavy atom. The highest BCUT2D eigenvalue weighted by molar-refractivity contribution is 7.91. The lowest BCUT2D eigenvalue weighted by Crippen LogP contribution is -2.47. The first-order valence-electron chi connectivity index (χ1n) is 5.18. The van der Waals surface area contributed by atoms with Gasteiger partial charge in [0.15, 0.2) is 9.84 Å². The van der Waals surface area contributed by atoms with Crippen molar-refractivity contribution in [1.29, 1.82) is 0 Å². The van der Waals surface area contributed by atoms with Gasteiger partial charge in [-0.05, 0) is 6.42 Å². The zero-order chi connectivity index (χ0) is 11.5. The lowest BCUT2D eigenvalue weighted by Gasteiger charge is -2.30. The molecule has 0 radical (unpaired) electrons. The summed E-state index contributed by atoms with van der Waals surface area (Å²) in [6, 6.07) is -0.00738. The van der Waals surface area contributed by atoms with Crippen LogP contribution in [0.3, 0.4) is 0 Å². The molecular weight excluding hydrogens is 216 g/mol. The first kappa shape index (κ1) is 12.4. The highest BCUT2D eigenvalue weighted by atomic mass is 32.2. The smallest absolute Gasteiger partial charge is 0.222 e. The minimum atomic E-state index is -2.99. The number of sulfone groups is 1. The summed E-state index contributed by atoms with van der Waals surface area (Å²) in [6.45, 7) is 2.37. The number of amides is 1. The van der Waals surface area contributed by atoms with E-state index in [1.54, 1.807) is 11.8 Å². The fourth-order valence-electron chi connectivity index (χ4n) is 1.55. The monoisotopic (exact) mass is 234 g/mol. The van der Waals surface area contributed by atoms with Gasteiger partial charge in [-0.2, -0.15) is 0 Å². The number of likely N-dealkylation sites (tertiary alicyclic amines) is 1. The fourth-order valence-corrected chi connectivity index (χ4v) is 2.34. The molecule has 0 aromatic carbocycles. The third-order valence-electron chi connectivity index (χ3n) is 2.65. The summed E-state index contributed by atoms with van der Waals surface area (Å²) in [5.41, 5.74) is 5.72. The summed E-state index contributed by atoms with van der Waals surface area (Å²) in [6.07, 6.45) is 1.14. The van der Waals surface area contributed by atoms with Gasteiger partial charge >= 0.3 is 0 Å². The molecule has 5 nitrogen and oxygen atoms in total. The van der Waals surface area contributed by atoms with Gasteiger partial charge in [0.25, 0.3) is 0 Å². The average Bonchev–Trinajstić information content (AvgIpc) is 2.20. The van der Waals surface area contributed by atoms with Crippen molar-refractivity contribution >= 4 is 15.7 Å². The fraction of sp³-hybridized carbons (Fsp3) is 0.889. The highest BCUT2D eigenvalue weighted by Gasteiger charge is 2.24. The number of hydrogen-bond acceptors (Lipinski definition) is 4. The Morgan fingerprint density at radius 3 is 2.80 bits per heavy atom. The number of hydrogen-bond donors (Lipinski definition) is 1. The van der Waals surface area contributed by atoms with Crippen molar-refractivity contribution in [3.05, 3.63) is 0 Å². The molecule has 0 spiro atoms. The minimum absolute atomic E-state index is 0.00738. The predicted molar refractivity (Wildman–Crippen MR) is 58.1 cm³/mol. The Morgan fingerprint density at radius 1 is 1.53 bits per heavy atom. The molecule has 1 heterocycles. The summed E-state index contributed by atoms with van der Waals surface area (Å²) in [4.78, 5) is 13.0. The largest absolute Gasteiger partial charge is 0.340 e. The molecule has 2 N–H and O–H groups in total. The highest BCUT2D eigenvalue weighted by Crippen LogP contribution is 2.09. The second kappa shape index (κ2) is 4.94. The van der Waals surface area contributed by atoms with Crippen molar-refractivity contribution < 1.29 is 13.2 Å². The van der Waals surface area contributed by atoms with Gasteiger partial charge in [-0.3, -0.25) is 4.79 Å².